The Morgan fingerprint density at radius 2 is 1.67 bits per heavy atom. The Kier molecular flexibility index (Phi) is 6.10. The van der Waals surface area contributed by atoms with Crippen molar-refractivity contribution in [3.05, 3.63) is 83.9 Å². The summed E-state index contributed by atoms with van der Waals surface area (Å²) in [5, 5.41) is 2.87. The predicted octanol–water partition coefficient (Wildman–Crippen LogP) is 3.22. The molecule has 0 atom stereocenters. The van der Waals surface area contributed by atoms with Gasteiger partial charge in [-0.05, 0) is 37.1 Å². The summed E-state index contributed by atoms with van der Waals surface area (Å²) >= 11 is 0. The zero-order valence-corrected chi connectivity index (χ0v) is 15.5. The van der Waals surface area contributed by atoms with E-state index in [2.05, 4.69) is 51.1 Å². The topological polar surface area (TPSA) is 71.0 Å². The van der Waals surface area contributed by atoms with Crippen molar-refractivity contribution in [3.8, 4) is 0 Å². The van der Waals surface area contributed by atoms with E-state index >= 15 is 0 Å². The van der Waals surface area contributed by atoms with Gasteiger partial charge in [-0.1, -0.05) is 30.3 Å². The van der Waals surface area contributed by atoms with E-state index in [0.717, 1.165) is 5.56 Å². The summed E-state index contributed by atoms with van der Waals surface area (Å²) in [4.78, 5) is 27.2. The number of nitrogens with one attached hydrogen (secondary N) is 1. The second-order valence-corrected chi connectivity index (χ2v) is 6.52. The average Bonchev–Trinajstić information content (AvgIpc) is 2.72. The molecular formula is C21H23N5O. The summed E-state index contributed by atoms with van der Waals surface area (Å²) in [7, 11) is 0. The van der Waals surface area contributed by atoms with Crippen LogP contribution in [0.1, 0.15) is 35.3 Å². The van der Waals surface area contributed by atoms with Crippen molar-refractivity contribution < 1.29 is 4.79 Å². The third-order valence-corrected chi connectivity index (χ3v) is 4.18. The number of hydrogen-bond acceptors (Lipinski definition) is 5. The molecule has 27 heavy (non-hydrogen) atoms. The highest BCUT2D eigenvalue weighted by atomic mass is 16.1. The Bertz CT molecular complexity index is 851. The fourth-order valence-corrected chi connectivity index (χ4v) is 2.64. The van der Waals surface area contributed by atoms with Crippen molar-refractivity contribution in [2.75, 3.05) is 4.90 Å². The molecule has 2 aromatic heterocycles. The molecule has 0 bridgehead atoms. The van der Waals surface area contributed by atoms with E-state index in [0.29, 0.717) is 24.6 Å². The lowest BCUT2D eigenvalue weighted by atomic mass is 10.2. The van der Waals surface area contributed by atoms with Crippen molar-refractivity contribution in [1.82, 2.24) is 20.3 Å². The summed E-state index contributed by atoms with van der Waals surface area (Å²) in [5.41, 5.74) is 2.62. The van der Waals surface area contributed by atoms with Gasteiger partial charge in [0.15, 0.2) is 0 Å². The zero-order valence-electron chi connectivity index (χ0n) is 15.5. The molecule has 0 unspecified atom stereocenters. The van der Waals surface area contributed by atoms with Crippen LogP contribution in [0.25, 0.3) is 0 Å². The SMILES string of the molecule is CC(C)N(Cc1ccccc1)c1ncc(C(=O)NCc2ccncc2)cn1. The van der Waals surface area contributed by atoms with Crippen molar-refractivity contribution in [2.45, 2.75) is 33.0 Å². The van der Waals surface area contributed by atoms with E-state index in [1.54, 1.807) is 24.8 Å². The fraction of sp³-hybridized carbons (Fsp3) is 0.238. The summed E-state index contributed by atoms with van der Waals surface area (Å²) in [6, 6.07) is 14.2. The van der Waals surface area contributed by atoms with Crippen molar-refractivity contribution in [2.24, 2.45) is 0 Å². The zero-order chi connectivity index (χ0) is 19.1. The number of benzene rings is 1. The first-order chi connectivity index (χ1) is 13.1. The first kappa shape index (κ1) is 18.5. The summed E-state index contributed by atoms with van der Waals surface area (Å²) in [5.74, 6) is 0.414. The number of pyridine rings is 1. The highest BCUT2D eigenvalue weighted by Gasteiger charge is 2.15. The predicted molar refractivity (Wildman–Crippen MR) is 105 cm³/mol. The molecule has 6 nitrogen and oxygen atoms in total. The molecule has 0 saturated heterocycles. The quantitative estimate of drug-likeness (QED) is 0.700. The van der Waals surface area contributed by atoms with Crippen molar-refractivity contribution in [3.63, 3.8) is 0 Å². The lowest BCUT2D eigenvalue weighted by Crippen LogP contribution is -2.32. The molecule has 138 valence electrons. The Balaban J connectivity index is 1.66. The largest absolute Gasteiger partial charge is 0.348 e. The summed E-state index contributed by atoms with van der Waals surface area (Å²) in [6.07, 6.45) is 6.55. The van der Waals surface area contributed by atoms with Crippen LogP contribution >= 0.6 is 0 Å². The van der Waals surface area contributed by atoms with E-state index in [-0.39, 0.29) is 11.9 Å². The number of hydrogen-bond donors (Lipinski definition) is 1. The molecule has 6 heteroatoms. The highest BCUT2D eigenvalue weighted by Crippen LogP contribution is 2.15. The van der Waals surface area contributed by atoms with E-state index in [9.17, 15) is 4.79 Å². The molecule has 2 heterocycles. The smallest absolute Gasteiger partial charge is 0.254 e. The Hall–Kier alpha value is -3.28. The van der Waals surface area contributed by atoms with E-state index in [4.69, 9.17) is 0 Å². The molecule has 0 fully saturated rings. The van der Waals surface area contributed by atoms with Gasteiger partial charge in [0.05, 0.1) is 5.56 Å². The van der Waals surface area contributed by atoms with Crippen molar-refractivity contribution >= 4 is 11.9 Å². The van der Waals surface area contributed by atoms with Crippen LogP contribution < -0.4 is 10.2 Å². The standard InChI is InChI=1S/C21H23N5O/c1-16(2)26(15-18-6-4-3-5-7-18)21-24-13-19(14-25-21)20(27)23-12-17-8-10-22-11-9-17/h3-11,13-14,16H,12,15H2,1-2H3,(H,23,27). The van der Waals surface area contributed by atoms with Crippen LogP contribution in [0.3, 0.4) is 0 Å². The van der Waals surface area contributed by atoms with Gasteiger partial charge in [-0.15, -0.1) is 0 Å². The number of aromatic nitrogens is 3. The Morgan fingerprint density at radius 3 is 2.30 bits per heavy atom. The summed E-state index contributed by atoms with van der Waals surface area (Å²) in [6.45, 7) is 5.35. The molecule has 1 amide bonds. The number of carbonyl (C=O) groups is 1. The third kappa shape index (κ3) is 5.10. The molecule has 0 radical (unpaired) electrons. The number of amides is 1. The lowest BCUT2D eigenvalue weighted by molar-refractivity contribution is 0.0950. The van der Waals surface area contributed by atoms with Crippen LogP contribution in [0, 0.1) is 0 Å². The van der Waals surface area contributed by atoms with Crippen molar-refractivity contribution in [1.29, 1.82) is 0 Å². The number of carbonyl (C=O) groups excluding carboxylic acids is 1. The Labute approximate surface area is 159 Å². The van der Waals surface area contributed by atoms with Gasteiger partial charge in [-0.25, -0.2) is 9.97 Å². The first-order valence-corrected chi connectivity index (χ1v) is 8.93. The molecular weight excluding hydrogens is 338 g/mol. The minimum Gasteiger partial charge on any atom is -0.348 e. The van der Waals surface area contributed by atoms with E-state index < -0.39 is 0 Å². The van der Waals surface area contributed by atoms with Gasteiger partial charge in [0.2, 0.25) is 5.95 Å². The van der Waals surface area contributed by atoms with Gasteiger partial charge in [0, 0.05) is 43.9 Å². The molecule has 3 aromatic rings. The molecule has 0 spiro atoms. The maximum atomic E-state index is 12.3. The molecule has 0 aliphatic rings. The van der Waals surface area contributed by atoms with Crippen LogP contribution in [0.15, 0.2) is 67.3 Å². The fourth-order valence-electron chi connectivity index (χ4n) is 2.64. The second kappa shape index (κ2) is 8.89. The normalized spacial score (nSPS) is 10.6. The number of nitrogens with zero attached hydrogens (tertiary/aromatic N) is 4. The highest BCUT2D eigenvalue weighted by molar-refractivity contribution is 5.93. The van der Waals surface area contributed by atoms with Crippen LogP contribution in [-0.2, 0) is 13.1 Å². The number of rotatable bonds is 7. The van der Waals surface area contributed by atoms with Gasteiger partial charge >= 0.3 is 0 Å². The van der Waals surface area contributed by atoms with Crippen LogP contribution in [0.4, 0.5) is 5.95 Å². The van der Waals surface area contributed by atoms with Crippen LogP contribution in [-0.4, -0.2) is 26.9 Å². The lowest BCUT2D eigenvalue weighted by Gasteiger charge is -2.26. The summed E-state index contributed by atoms with van der Waals surface area (Å²) < 4.78 is 0. The molecule has 1 aromatic carbocycles. The molecule has 3 rings (SSSR count). The van der Waals surface area contributed by atoms with E-state index in [1.807, 2.05) is 30.3 Å². The molecule has 0 aliphatic heterocycles. The molecule has 1 N–H and O–H groups in total. The maximum Gasteiger partial charge on any atom is 0.254 e. The molecule has 0 saturated carbocycles. The van der Waals surface area contributed by atoms with Gasteiger partial charge in [-0.2, -0.15) is 0 Å². The van der Waals surface area contributed by atoms with Crippen LogP contribution in [0.5, 0.6) is 0 Å². The average molecular weight is 361 g/mol. The minimum atomic E-state index is -0.197. The van der Waals surface area contributed by atoms with Crippen LogP contribution in [0.2, 0.25) is 0 Å². The monoisotopic (exact) mass is 361 g/mol. The van der Waals surface area contributed by atoms with Gasteiger partial charge in [0.1, 0.15) is 0 Å². The van der Waals surface area contributed by atoms with Gasteiger partial charge in [-0.3, -0.25) is 9.78 Å². The minimum absolute atomic E-state index is 0.197. The Morgan fingerprint density at radius 1 is 1.00 bits per heavy atom. The number of anilines is 1. The van der Waals surface area contributed by atoms with E-state index in [1.165, 1.54) is 5.56 Å². The van der Waals surface area contributed by atoms with Gasteiger partial charge < -0.3 is 10.2 Å². The second-order valence-electron chi connectivity index (χ2n) is 6.52. The maximum absolute atomic E-state index is 12.3. The first-order valence-electron chi connectivity index (χ1n) is 8.93. The van der Waals surface area contributed by atoms with Gasteiger partial charge in [0.25, 0.3) is 5.91 Å². The third-order valence-electron chi connectivity index (χ3n) is 4.18. The molecule has 0 aliphatic carbocycles.